The normalized spacial score (nSPS) is 10.2. The highest BCUT2D eigenvalue weighted by atomic mass is 16.4. The van der Waals surface area contributed by atoms with Gasteiger partial charge in [-0.05, 0) is 64.3 Å². The van der Waals surface area contributed by atoms with Crippen LogP contribution in [-0.4, -0.2) is 95.2 Å². The van der Waals surface area contributed by atoms with E-state index < -0.39 is 47.8 Å². The highest BCUT2D eigenvalue weighted by Gasteiger charge is 2.04. The molecule has 0 aliphatic heterocycles. The van der Waals surface area contributed by atoms with Gasteiger partial charge in [0.1, 0.15) is 0 Å². The van der Waals surface area contributed by atoms with Crippen molar-refractivity contribution in [3.63, 3.8) is 0 Å². The Bertz CT molecular complexity index is 1500. The van der Waals surface area contributed by atoms with Crippen LogP contribution in [-0.2, 0) is 38.4 Å². The van der Waals surface area contributed by atoms with E-state index in [1.165, 1.54) is 360 Å². The molecule has 10 N–H and O–H groups in total. The van der Waals surface area contributed by atoms with Gasteiger partial charge in [-0.25, -0.2) is 0 Å². The van der Waals surface area contributed by atoms with E-state index in [-0.39, 0.29) is 0 Å². The lowest BCUT2D eigenvalue weighted by Gasteiger charge is -2.03. The molecule has 0 heterocycles. The number of carboxylic acid groups (broad SMARTS) is 8. The zero-order chi connectivity index (χ0) is 87.9. The Balaban J connectivity index is -0.000000158. The lowest BCUT2D eigenvalue weighted by molar-refractivity contribution is -0.138. The molecule has 17 nitrogen and oxygen atoms in total. The Kier molecular flexibility index (Phi) is 143. The smallest absolute Gasteiger partial charge is 0.303 e. The third kappa shape index (κ3) is 182. The summed E-state index contributed by atoms with van der Waals surface area (Å²) >= 11 is 0. The van der Waals surface area contributed by atoms with E-state index in [1.54, 1.807) is 0 Å². The number of nitrogens with two attached hydrogens (primary N) is 1. The van der Waals surface area contributed by atoms with Crippen LogP contribution in [0.1, 0.15) is 576 Å². The predicted octanol–water partition coefficient (Wildman–Crippen LogP) is 31.9. The molecule has 0 atom stereocenters. The fraction of sp³-hybridized carbons (Fsp3) is 0.918. The molecule has 692 valence electrons. The van der Waals surface area contributed by atoms with Gasteiger partial charge in [0.05, 0.1) is 0 Å². The van der Waals surface area contributed by atoms with Gasteiger partial charge in [-0.3, -0.25) is 38.4 Å². The first-order valence-electron chi connectivity index (χ1n) is 49.0. The molecule has 0 saturated heterocycles. The second-order valence-electron chi connectivity index (χ2n) is 32.2. The molecule has 0 aromatic rings. The minimum Gasteiger partial charge on any atom is -0.481 e. The van der Waals surface area contributed by atoms with E-state index >= 15 is 0 Å². The number of aliphatic carboxylic acids is 8. The molecule has 0 amide bonds. The van der Waals surface area contributed by atoms with Gasteiger partial charge >= 0.3 is 47.8 Å². The summed E-state index contributed by atoms with van der Waals surface area (Å²) in [5, 5.41) is 66.8. The molecule has 0 saturated carbocycles. The van der Waals surface area contributed by atoms with Gasteiger partial charge in [0.15, 0.2) is 0 Å². The Morgan fingerprint density at radius 1 is 0.130 bits per heavy atom. The second-order valence-corrected chi connectivity index (χ2v) is 32.2. The molecule has 0 aromatic carbocycles. The monoisotopic (exact) mass is 1650 g/mol. The highest BCUT2D eigenvalue weighted by molar-refractivity contribution is 5.68. The molecule has 0 aliphatic rings. The van der Waals surface area contributed by atoms with Crippen molar-refractivity contribution in [2.45, 2.75) is 576 Å². The first-order valence-corrected chi connectivity index (χ1v) is 49.0. The van der Waals surface area contributed by atoms with Crippen LogP contribution in [0, 0.1) is 0 Å². The van der Waals surface area contributed by atoms with Gasteiger partial charge in [-0.1, -0.05) is 467 Å². The van der Waals surface area contributed by atoms with Crippen LogP contribution >= 0.6 is 0 Å². The molecular weight excluding hydrogens is 1450 g/mol. The largest absolute Gasteiger partial charge is 0.481 e. The summed E-state index contributed by atoms with van der Waals surface area (Å²) in [6.07, 6.45) is 92.0. The number of hydrogen-bond donors (Lipinski definition) is 9. The van der Waals surface area contributed by atoms with Gasteiger partial charge in [-0.2, -0.15) is 0 Å². The van der Waals surface area contributed by atoms with Crippen LogP contribution in [0.2, 0.25) is 0 Å². The predicted molar refractivity (Wildman–Crippen MR) is 491 cm³/mol. The molecule has 0 rings (SSSR count). The lowest BCUT2D eigenvalue weighted by atomic mass is 10.0. The average Bonchev–Trinajstić information content (AvgIpc) is 2.36. The van der Waals surface area contributed by atoms with Crippen molar-refractivity contribution in [2.24, 2.45) is 5.73 Å². The van der Waals surface area contributed by atoms with Crippen LogP contribution in [0.3, 0.4) is 0 Å². The topological polar surface area (TPSA) is 324 Å². The number of carboxylic acids is 8. The summed E-state index contributed by atoms with van der Waals surface area (Å²) in [6, 6.07) is 0. The van der Waals surface area contributed by atoms with Crippen molar-refractivity contribution in [3.05, 3.63) is 0 Å². The van der Waals surface area contributed by atoms with E-state index in [1.807, 2.05) is 0 Å². The molecule has 0 fully saturated rings. The van der Waals surface area contributed by atoms with Crippen LogP contribution in [0.4, 0.5) is 0 Å². The summed E-state index contributed by atoms with van der Waals surface area (Å²) in [4.78, 5) is 81.1. The molecule has 0 aliphatic carbocycles. The number of carbonyl (C=O) groups is 8. The van der Waals surface area contributed by atoms with Gasteiger partial charge in [0.25, 0.3) is 0 Å². The second kappa shape index (κ2) is 128. The average molecular weight is 1650 g/mol. The zero-order valence-electron chi connectivity index (χ0n) is 77.7. The SMILES string of the molecule is CCCCCCCCCC(=O)O.CCCCCCCCCC(=O)O.CCCCCCCCCC(=O)O.CCCCCCCCCC(=O)O.CCCCCCCCCC(=O)O.CCCCCCCCCC(=O)O.CCCCCCCCCC(=O)O.CCCCCCCCCC(=O)O.CCCCCCCCCCCCCCCCCCN. The van der Waals surface area contributed by atoms with Crippen LogP contribution in [0.5, 0.6) is 0 Å². The maximum absolute atomic E-state index is 10.1. The van der Waals surface area contributed by atoms with Gasteiger partial charge in [0, 0.05) is 51.4 Å². The summed E-state index contributed by atoms with van der Waals surface area (Å²) in [7, 11) is 0. The van der Waals surface area contributed by atoms with Crippen LogP contribution in [0.25, 0.3) is 0 Å². The molecular formula is C98H199NO16. The Labute approximate surface area is 711 Å². The number of rotatable bonds is 80. The van der Waals surface area contributed by atoms with Crippen molar-refractivity contribution >= 4 is 47.8 Å². The summed E-state index contributed by atoms with van der Waals surface area (Å²) < 4.78 is 0. The summed E-state index contributed by atoms with van der Waals surface area (Å²) in [5.74, 6) is -5.31. The first kappa shape index (κ1) is 129. The fourth-order valence-electron chi connectivity index (χ4n) is 12.6. The van der Waals surface area contributed by atoms with E-state index in [9.17, 15) is 38.4 Å². The first-order chi connectivity index (χ1) is 55.6. The summed E-state index contributed by atoms with van der Waals surface area (Å²) in [5.41, 5.74) is 5.48. The minimum absolute atomic E-state index is 0.341. The molecule has 115 heavy (non-hydrogen) atoms. The number of unbranched alkanes of at least 4 members (excludes halogenated alkanes) is 63. The van der Waals surface area contributed by atoms with E-state index in [0.29, 0.717) is 51.4 Å². The van der Waals surface area contributed by atoms with E-state index in [0.717, 1.165) is 109 Å². The van der Waals surface area contributed by atoms with Crippen molar-refractivity contribution in [2.75, 3.05) is 6.54 Å². The molecule has 0 radical (unpaired) electrons. The maximum atomic E-state index is 10.1. The molecule has 17 heteroatoms. The lowest BCUT2D eigenvalue weighted by Crippen LogP contribution is -1.97. The van der Waals surface area contributed by atoms with Crippen molar-refractivity contribution < 1.29 is 79.2 Å². The minimum atomic E-state index is -0.663. The van der Waals surface area contributed by atoms with Crippen molar-refractivity contribution in [1.82, 2.24) is 0 Å². The van der Waals surface area contributed by atoms with Crippen molar-refractivity contribution in [3.8, 4) is 0 Å². The number of hydrogen-bond acceptors (Lipinski definition) is 9. The Hall–Kier alpha value is -4.28. The van der Waals surface area contributed by atoms with E-state index in [2.05, 4.69) is 62.3 Å². The summed E-state index contributed by atoms with van der Waals surface area (Å²) in [6.45, 7) is 20.8. The van der Waals surface area contributed by atoms with Crippen molar-refractivity contribution in [1.29, 1.82) is 0 Å². The Morgan fingerprint density at radius 2 is 0.200 bits per heavy atom. The molecule has 0 aromatic heterocycles. The van der Waals surface area contributed by atoms with Crippen LogP contribution < -0.4 is 5.73 Å². The van der Waals surface area contributed by atoms with Gasteiger partial charge in [-0.15, -0.1) is 0 Å². The van der Waals surface area contributed by atoms with E-state index in [4.69, 9.17) is 46.6 Å². The fourth-order valence-corrected chi connectivity index (χ4v) is 12.6. The quantitative estimate of drug-likeness (QED) is 0.0256. The van der Waals surface area contributed by atoms with Gasteiger partial charge < -0.3 is 46.6 Å². The third-order valence-corrected chi connectivity index (χ3v) is 20.0. The zero-order valence-corrected chi connectivity index (χ0v) is 77.7. The molecule has 0 bridgehead atoms. The molecule has 0 unspecified atom stereocenters. The molecule has 0 spiro atoms. The third-order valence-electron chi connectivity index (χ3n) is 20.0. The Morgan fingerprint density at radius 3 is 0.270 bits per heavy atom. The van der Waals surface area contributed by atoms with Gasteiger partial charge in [0.2, 0.25) is 0 Å². The maximum Gasteiger partial charge on any atom is 0.303 e. The standard InChI is InChI=1S/C18H39N.8C10H20O2/c1-2-3-4-5-6-7-8-9-10-11-12-13-14-15-16-17-18-19;8*1-2-3-4-5-6-7-8-9-10(11)12/h2-19H2,1H3;8*2-9H2,1H3,(H,11,12). The van der Waals surface area contributed by atoms with Crippen LogP contribution in [0.15, 0.2) is 0 Å². The highest BCUT2D eigenvalue weighted by Crippen LogP contribution is 2.17.